The van der Waals surface area contributed by atoms with Crippen LogP contribution in [-0.4, -0.2) is 74.9 Å². The topological polar surface area (TPSA) is 86.2 Å². The van der Waals surface area contributed by atoms with Crippen LogP contribution in [0.25, 0.3) is 0 Å². The number of benzene rings is 1. The summed E-state index contributed by atoms with van der Waals surface area (Å²) in [5.74, 6) is 1.38. The van der Waals surface area contributed by atoms with Crippen molar-refractivity contribution < 1.29 is 14.6 Å². The zero-order valence-electron chi connectivity index (χ0n) is 18.1. The van der Waals surface area contributed by atoms with Crippen molar-refractivity contribution in [2.75, 3.05) is 53.0 Å². The third kappa shape index (κ3) is 6.44. The molecule has 7 nitrogen and oxygen atoms in total. The molecule has 3 N–H and O–H groups in total. The first-order chi connectivity index (χ1) is 14.6. The number of likely N-dealkylation sites (tertiary alicyclic amines) is 1. The fourth-order valence-corrected chi connectivity index (χ4v) is 4.41. The summed E-state index contributed by atoms with van der Waals surface area (Å²) in [6.45, 7) is 4.08. The lowest BCUT2D eigenvalue weighted by molar-refractivity contribution is -0.131. The molecule has 1 amide bonds. The SMILES string of the molecule is CN=C(NCC(=O)N1CCC(Cc2ccccc2)CC1)NCC1(CCO)CCOC1. The quantitative estimate of drug-likeness (QED) is 0.441. The van der Waals surface area contributed by atoms with E-state index >= 15 is 0 Å². The zero-order chi connectivity index (χ0) is 21.2. The lowest BCUT2D eigenvalue weighted by Crippen LogP contribution is -2.49. The Balaban J connectivity index is 1.38. The maximum Gasteiger partial charge on any atom is 0.241 e. The number of amides is 1. The zero-order valence-corrected chi connectivity index (χ0v) is 18.1. The summed E-state index contributed by atoms with van der Waals surface area (Å²) in [5.41, 5.74) is 1.32. The molecule has 0 aromatic heterocycles. The van der Waals surface area contributed by atoms with Gasteiger partial charge < -0.3 is 25.4 Å². The average molecular weight is 417 g/mol. The van der Waals surface area contributed by atoms with Gasteiger partial charge in [-0.2, -0.15) is 0 Å². The Bertz CT molecular complexity index is 681. The Morgan fingerprint density at radius 3 is 2.67 bits per heavy atom. The predicted molar refractivity (Wildman–Crippen MR) is 118 cm³/mol. The molecule has 0 bridgehead atoms. The summed E-state index contributed by atoms with van der Waals surface area (Å²) in [5, 5.41) is 15.8. The standard InChI is InChI=1S/C23H36N4O3/c1-24-22(26-17-23(9-13-28)10-14-30-18-23)25-16-21(29)27-11-7-20(8-12-27)15-19-5-3-2-4-6-19/h2-6,20,28H,7-18H2,1H3,(H2,24,25,26). The third-order valence-corrected chi connectivity index (χ3v) is 6.42. The lowest BCUT2D eigenvalue weighted by Gasteiger charge is -2.32. The summed E-state index contributed by atoms with van der Waals surface area (Å²) < 4.78 is 5.53. The van der Waals surface area contributed by atoms with Crippen LogP contribution in [0.2, 0.25) is 0 Å². The first kappa shape index (κ1) is 22.6. The molecule has 166 valence electrons. The van der Waals surface area contributed by atoms with Crippen LogP contribution in [0.15, 0.2) is 35.3 Å². The van der Waals surface area contributed by atoms with Crippen molar-refractivity contribution in [1.82, 2.24) is 15.5 Å². The molecule has 1 atom stereocenters. The number of guanidine groups is 1. The minimum absolute atomic E-state index is 0.0585. The van der Waals surface area contributed by atoms with Gasteiger partial charge in [-0.3, -0.25) is 9.79 Å². The summed E-state index contributed by atoms with van der Waals surface area (Å²) in [7, 11) is 1.71. The highest BCUT2D eigenvalue weighted by atomic mass is 16.5. The van der Waals surface area contributed by atoms with Crippen molar-refractivity contribution in [3.05, 3.63) is 35.9 Å². The predicted octanol–water partition coefficient (Wildman–Crippen LogP) is 1.42. The molecule has 3 rings (SSSR count). The Kier molecular flexibility index (Phi) is 8.51. The van der Waals surface area contributed by atoms with Crippen LogP contribution in [0.4, 0.5) is 0 Å². The van der Waals surface area contributed by atoms with E-state index in [1.54, 1.807) is 7.05 Å². The number of rotatable bonds is 8. The number of hydrogen-bond donors (Lipinski definition) is 3. The molecule has 2 aliphatic heterocycles. The van der Waals surface area contributed by atoms with Crippen LogP contribution < -0.4 is 10.6 Å². The number of nitrogens with one attached hydrogen (secondary N) is 2. The van der Waals surface area contributed by atoms with E-state index in [1.165, 1.54) is 5.56 Å². The van der Waals surface area contributed by atoms with Gasteiger partial charge in [-0.05, 0) is 43.6 Å². The second kappa shape index (κ2) is 11.3. The molecule has 2 saturated heterocycles. The van der Waals surface area contributed by atoms with E-state index in [4.69, 9.17) is 4.74 Å². The molecule has 0 saturated carbocycles. The molecule has 1 aromatic rings. The number of aliphatic hydroxyl groups is 1. The van der Waals surface area contributed by atoms with Crippen LogP contribution in [0.5, 0.6) is 0 Å². The number of piperidine rings is 1. The van der Waals surface area contributed by atoms with Crippen LogP contribution in [0, 0.1) is 11.3 Å². The number of aliphatic imine (C=N–C) groups is 1. The number of ether oxygens (including phenoxy) is 1. The number of hydrogen-bond acceptors (Lipinski definition) is 4. The van der Waals surface area contributed by atoms with Gasteiger partial charge in [0.1, 0.15) is 0 Å². The molecule has 2 aliphatic rings. The maximum absolute atomic E-state index is 12.6. The fourth-order valence-electron chi connectivity index (χ4n) is 4.41. The largest absolute Gasteiger partial charge is 0.396 e. The van der Waals surface area contributed by atoms with Crippen molar-refractivity contribution in [3.8, 4) is 0 Å². The van der Waals surface area contributed by atoms with Crippen LogP contribution in [-0.2, 0) is 16.0 Å². The van der Waals surface area contributed by atoms with Crippen LogP contribution in [0.3, 0.4) is 0 Å². The number of carbonyl (C=O) groups is 1. The molecule has 0 spiro atoms. The normalized spacial score (nSPS) is 22.9. The monoisotopic (exact) mass is 416 g/mol. The molecule has 30 heavy (non-hydrogen) atoms. The van der Waals surface area contributed by atoms with Gasteiger partial charge in [0.2, 0.25) is 5.91 Å². The van der Waals surface area contributed by atoms with E-state index in [-0.39, 0.29) is 24.5 Å². The van der Waals surface area contributed by atoms with Crippen molar-refractivity contribution in [2.45, 2.75) is 32.1 Å². The summed E-state index contributed by atoms with van der Waals surface area (Å²) in [4.78, 5) is 18.8. The maximum atomic E-state index is 12.6. The highest BCUT2D eigenvalue weighted by Gasteiger charge is 2.34. The van der Waals surface area contributed by atoms with Crippen molar-refractivity contribution in [2.24, 2.45) is 16.3 Å². The van der Waals surface area contributed by atoms with E-state index in [9.17, 15) is 9.90 Å². The van der Waals surface area contributed by atoms with E-state index in [0.29, 0.717) is 31.4 Å². The summed E-state index contributed by atoms with van der Waals surface area (Å²) in [6, 6.07) is 10.6. The Morgan fingerprint density at radius 2 is 2.03 bits per heavy atom. The van der Waals surface area contributed by atoms with E-state index in [1.807, 2.05) is 4.90 Å². The van der Waals surface area contributed by atoms with Gasteiger partial charge in [0.15, 0.2) is 5.96 Å². The van der Waals surface area contributed by atoms with Crippen molar-refractivity contribution in [3.63, 3.8) is 0 Å². The second-order valence-corrected chi connectivity index (χ2v) is 8.57. The first-order valence-electron chi connectivity index (χ1n) is 11.1. The molecular formula is C23H36N4O3. The Labute approximate surface area is 179 Å². The van der Waals surface area contributed by atoms with Crippen LogP contribution in [0.1, 0.15) is 31.2 Å². The van der Waals surface area contributed by atoms with E-state index in [2.05, 4.69) is 46.0 Å². The molecular weight excluding hydrogens is 380 g/mol. The fraction of sp³-hybridized carbons (Fsp3) is 0.652. The highest BCUT2D eigenvalue weighted by Crippen LogP contribution is 2.31. The van der Waals surface area contributed by atoms with Gasteiger partial charge in [0.25, 0.3) is 0 Å². The number of aliphatic hydroxyl groups excluding tert-OH is 1. The lowest BCUT2D eigenvalue weighted by atomic mass is 9.84. The molecule has 1 aromatic carbocycles. The molecule has 0 radical (unpaired) electrons. The van der Waals surface area contributed by atoms with E-state index < -0.39 is 0 Å². The van der Waals surface area contributed by atoms with Gasteiger partial charge in [-0.15, -0.1) is 0 Å². The Morgan fingerprint density at radius 1 is 1.27 bits per heavy atom. The molecule has 1 unspecified atom stereocenters. The van der Waals surface area contributed by atoms with Crippen molar-refractivity contribution in [1.29, 1.82) is 0 Å². The second-order valence-electron chi connectivity index (χ2n) is 8.57. The summed E-state index contributed by atoms with van der Waals surface area (Å²) >= 11 is 0. The first-order valence-corrected chi connectivity index (χ1v) is 11.1. The molecule has 0 aliphatic carbocycles. The molecule has 2 fully saturated rings. The number of carbonyl (C=O) groups excluding carboxylic acids is 1. The van der Waals surface area contributed by atoms with Gasteiger partial charge in [0, 0.05) is 45.3 Å². The minimum atomic E-state index is -0.0585. The molecule has 7 heteroatoms. The number of nitrogens with zero attached hydrogens (tertiary/aromatic N) is 2. The van der Waals surface area contributed by atoms with E-state index in [0.717, 1.165) is 45.4 Å². The van der Waals surface area contributed by atoms with Gasteiger partial charge >= 0.3 is 0 Å². The van der Waals surface area contributed by atoms with Crippen molar-refractivity contribution >= 4 is 11.9 Å². The van der Waals surface area contributed by atoms with Gasteiger partial charge in [-0.25, -0.2) is 0 Å². The summed E-state index contributed by atoms with van der Waals surface area (Å²) in [6.07, 6.45) is 4.83. The smallest absolute Gasteiger partial charge is 0.241 e. The third-order valence-electron chi connectivity index (χ3n) is 6.42. The minimum Gasteiger partial charge on any atom is -0.396 e. The van der Waals surface area contributed by atoms with Gasteiger partial charge in [0.05, 0.1) is 13.2 Å². The Hall–Kier alpha value is -2.12. The van der Waals surface area contributed by atoms with Crippen LogP contribution >= 0.6 is 0 Å². The highest BCUT2D eigenvalue weighted by molar-refractivity contribution is 5.86. The average Bonchev–Trinajstić information content (AvgIpc) is 3.24. The molecule has 2 heterocycles. The van der Waals surface area contributed by atoms with Gasteiger partial charge in [-0.1, -0.05) is 30.3 Å².